The number of β-amino-alcohol motifs (C(OH)–C–C–N with tert-alkyl or cyclic N) is 1. The molecule has 3 rings (SSSR count). The van der Waals surface area contributed by atoms with Crippen LogP contribution in [-0.4, -0.2) is 60.0 Å². The second-order valence-electron chi connectivity index (χ2n) is 5.34. The zero-order chi connectivity index (χ0) is 13.3. The Morgan fingerprint density at radius 1 is 1.58 bits per heavy atom. The Kier molecular flexibility index (Phi) is 3.72. The van der Waals surface area contributed by atoms with Crippen molar-refractivity contribution in [2.75, 3.05) is 45.1 Å². The third kappa shape index (κ3) is 3.06. The molecule has 3 heterocycles. The fourth-order valence-electron chi connectivity index (χ4n) is 2.70. The Hall–Kier alpha value is -0.730. The number of hydrogen-bond donors (Lipinski definition) is 3. The van der Waals surface area contributed by atoms with Gasteiger partial charge in [0.15, 0.2) is 5.13 Å². The lowest BCUT2D eigenvalue weighted by atomic mass is 10.0. The second kappa shape index (κ2) is 5.34. The van der Waals surface area contributed by atoms with Gasteiger partial charge in [-0.2, -0.15) is 0 Å². The Bertz CT molecular complexity index is 443. The first-order valence-corrected chi connectivity index (χ1v) is 7.44. The minimum absolute atomic E-state index is 0.397. The smallest absolute Gasteiger partial charge is 0.180 e. The maximum atomic E-state index is 10.6. The molecule has 0 amide bonds. The number of ether oxygens (including phenoxy) is 1. The summed E-state index contributed by atoms with van der Waals surface area (Å²) in [5, 5.41) is 14.5. The lowest BCUT2D eigenvalue weighted by Crippen LogP contribution is -2.52. The number of anilines is 1. The first kappa shape index (κ1) is 13.3. The first-order chi connectivity index (χ1) is 9.15. The SMILES string of the molecule is Nc1nc2c(s1)CN(C[C@]1(O)CNCCOC1)CC2. The molecule has 0 saturated carbocycles. The van der Waals surface area contributed by atoms with Crippen LogP contribution in [0.5, 0.6) is 0 Å². The lowest BCUT2D eigenvalue weighted by Gasteiger charge is -2.34. The van der Waals surface area contributed by atoms with Crippen molar-refractivity contribution in [1.29, 1.82) is 0 Å². The molecule has 1 atom stereocenters. The molecule has 2 aliphatic rings. The molecule has 1 fully saturated rings. The summed E-state index contributed by atoms with van der Waals surface area (Å²) < 4.78 is 5.46. The number of nitrogens with one attached hydrogen (secondary N) is 1. The summed E-state index contributed by atoms with van der Waals surface area (Å²) >= 11 is 1.56. The molecule has 0 unspecified atom stereocenters. The Morgan fingerprint density at radius 3 is 3.37 bits per heavy atom. The molecule has 7 heteroatoms. The van der Waals surface area contributed by atoms with Gasteiger partial charge in [0.1, 0.15) is 5.60 Å². The number of rotatable bonds is 2. The number of nitrogens with zero attached hydrogens (tertiary/aromatic N) is 2. The Labute approximate surface area is 116 Å². The highest BCUT2D eigenvalue weighted by molar-refractivity contribution is 7.15. The van der Waals surface area contributed by atoms with Crippen LogP contribution in [0.2, 0.25) is 0 Å². The van der Waals surface area contributed by atoms with Crippen LogP contribution in [0.4, 0.5) is 5.13 Å². The fraction of sp³-hybridized carbons (Fsp3) is 0.750. The van der Waals surface area contributed by atoms with Crippen molar-refractivity contribution in [3.8, 4) is 0 Å². The van der Waals surface area contributed by atoms with Gasteiger partial charge in [0.2, 0.25) is 0 Å². The van der Waals surface area contributed by atoms with Crippen molar-refractivity contribution < 1.29 is 9.84 Å². The van der Waals surface area contributed by atoms with Crippen molar-refractivity contribution in [3.63, 3.8) is 0 Å². The van der Waals surface area contributed by atoms with Crippen LogP contribution >= 0.6 is 11.3 Å². The average Bonchev–Trinajstić information content (AvgIpc) is 2.59. The monoisotopic (exact) mass is 284 g/mol. The third-order valence-electron chi connectivity index (χ3n) is 3.59. The van der Waals surface area contributed by atoms with Gasteiger partial charge in [0, 0.05) is 44.0 Å². The maximum Gasteiger partial charge on any atom is 0.180 e. The normalized spacial score (nSPS) is 28.9. The van der Waals surface area contributed by atoms with Gasteiger partial charge in [0.05, 0.1) is 18.9 Å². The largest absolute Gasteiger partial charge is 0.385 e. The van der Waals surface area contributed by atoms with Crippen molar-refractivity contribution >= 4 is 16.5 Å². The predicted octanol–water partition coefficient (Wildman–Crippen LogP) is -0.566. The van der Waals surface area contributed by atoms with E-state index < -0.39 is 5.60 Å². The van der Waals surface area contributed by atoms with E-state index in [2.05, 4.69) is 15.2 Å². The number of hydrogen-bond acceptors (Lipinski definition) is 7. The summed E-state index contributed by atoms with van der Waals surface area (Å²) in [7, 11) is 0. The molecule has 1 aromatic heterocycles. The van der Waals surface area contributed by atoms with Crippen molar-refractivity contribution in [3.05, 3.63) is 10.6 Å². The topological polar surface area (TPSA) is 83.6 Å². The number of nitrogens with two attached hydrogens (primary N) is 1. The van der Waals surface area contributed by atoms with Gasteiger partial charge < -0.3 is 20.9 Å². The molecule has 1 saturated heterocycles. The molecule has 0 aliphatic carbocycles. The van der Waals surface area contributed by atoms with E-state index in [1.54, 1.807) is 11.3 Å². The maximum absolute atomic E-state index is 10.6. The average molecular weight is 284 g/mol. The highest BCUT2D eigenvalue weighted by Crippen LogP contribution is 2.27. The van der Waals surface area contributed by atoms with Crippen LogP contribution in [0.15, 0.2) is 0 Å². The number of aliphatic hydroxyl groups is 1. The molecule has 6 nitrogen and oxygen atoms in total. The third-order valence-corrected chi connectivity index (χ3v) is 4.50. The van der Waals surface area contributed by atoms with Gasteiger partial charge in [-0.25, -0.2) is 4.98 Å². The Balaban J connectivity index is 1.64. The Morgan fingerprint density at radius 2 is 2.47 bits per heavy atom. The number of fused-ring (bicyclic) bond motifs is 1. The van der Waals surface area contributed by atoms with Crippen LogP contribution in [-0.2, 0) is 17.7 Å². The molecule has 0 bridgehead atoms. The van der Waals surface area contributed by atoms with E-state index in [1.165, 1.54) is 4.88 Å². The van der Waals surface area contributed by atoms with Crippen LogP contribution < -0.4 is 11.1 Å². The second-order valence-corrected chi connectivity index (χ2v) is 6.45. The molecule has 19 heavy (non-hydrogen) atoms. The number of thiazole rings is 1. The molecular formula is C12H20N4O2S. The number of aromatic nitrogens is 1. The molecule has 1 aromatic rings. The van der Waals surface area contributed by atoms with Gasteiger partial charge in [-0.1, -0.05) is 0 Å². The fourth-order valence-corrected chi connectivity index (χ4v) is 3.62. The highest BCUT2D eigenvalue weighted by Gasteiger charge is 2.33. The minimum atomic E-state index is -0.801. The van der Waals surface area contributed by atoms with Crippen molar-refractivity contribution in [2.24, 2.45) is 0 Å². The van der Waals surface area contributed by atoms with Crippen LogP contribution in [0.3, 0.4) is 0 Å². The molecule has 0 radical (unpaired) electrons. The summed E-state index contributed by atoms with van der Waals surface area (Å²) in [5.74, 6) is 0. The molecule has 4 N–H and O–H groups in total. The van der Waals surface area contributed by atoms with Gasteiger partial charge in [-0.05, 0) is 0 Å². The van der Waals surface area contributed by atoms with E-state index in [9.17, 15) is 5.11 Å². The molecule has 106 valence electrons. The van der Waals surface area contributed by atoms with E-state index in [-0.39, 0.29) is 0 Å². The minimum Gasteiger partial charge on any atom is -0.385 e. The van der Waals surface area contributed by atoms with E-state index in [0.29, 0.717) is 31.4 Å². The standard InChI is InChI=1S/C12H20N4O2S/c13-11-15-9-1-3-16(5-10(9)19-11)7-12(17)6-14-2-4-18-8-12/h14,17H,1-8H2,(H2,13,15)/t12-/m1/s1. The van der Waals surface area contributed by atoms with E-state index >= 15 is 0 Å². The zero-order valence-corrected chi connectivity index (χ0v) is 11.7. The lowest BCUT2D eigenvalue weighted by molar-refractivity contribution is -0.0509. The summed E-state index contributed by atoms with van der Waals surface area (Å²) in [6.07, 6.45) is 0.910. The molecule has 0 aromatic carbocycles. The number of nitrogen functional groups attached to an aromatic ring is 1. The molecule has 2 aliphatic heterocycles. The summed E-state index contributed by atoms with van der Waals surface area (Å²) in [6.45, 7) is 4.81. The first-order valence-electron chi connectivity index (χ1n) is 6.62. The quantitative estimate of drug-likeness (QED) is 0.675. The van der Waals surface area contributed by atoms with Crippen molar-refractivity contribution in [2.45, 2.75) is 18.6 Å². The summed E-state index contributed by atoms with van der Waals surface area (Å²) in [4.78, 5) is 7.83. The van der Waals surface area contributed by atoms with Gasteiger partial charge >= 0.3 is 0 Å². The highest BCUT2D eigenvalue weighted by atomic mass is 32.1. The summed E-state index contributed by atoms with van der Waals surface area (Å²) in [6, 6.07) is 0. The van der Waals surface area contributed by atoms with E-state index in [1.807, 2.05) is 0 Å². The van der Waals surface area contributed by atoms with Gasteiger partial charge in [-0.15, -0.1) is 11.3 Å². The van der Waals surface area contributed by atoms with Crippen LogP contribution in [0, 0.1) is 0 Å². The molecule has 0 spiro atoms. The van der Waals surface area contributed by atoms with Crippen LogP contribution in [0.1, 0.15) is 10.6 Å². The zero-order valence-electron chi connectivity index (χ0n) is 10.9. The summed E-state index contributed by atoms with van der Waals surface area (Å²) in [5.41, 5.74) is 6.07. The van der Waals surface area contributed by atoms with Gasteiger partial charge in [-0.3, -0.25) is 4.90 Å². The van der Waals surface area contributed by atoms with Crippen molar-refractivity contribution in [1.82, 2.24) is 15.2 Å². The van der Waals surface area contributed by atoms with E-state index in [4.69, 9.17) is 10.5 Å². The molecular weight excluding hydrogens is 264 g/mol. The van der Waals surface area contributed by atoms with Gasteiger partial charge in [0.25, 0.3) is 0 Å². The van der Waals surface area contributed by atoms with E-state index in [0.717, 1.165) is 31.7 Å². The predicted molar refractivity (Wildman–Crippen MR) is 74.1 cm³/mol. The van der Waals surface area contributed by atoms with Crippen LogP contribution in [0.25, 0.3) is 0 Å².